The van der Waals surface area contributed by atoms with Gasteiger partial charge in [-0.2, -0.15) is 18.0 Å². The molecule has 0 aromatic carbocycles. The predicted octanol–water partition coefficient (Wildman–Crippen LogP) is 1.44. The monoisotopic (exact) mass is 372 g/mol. The van der Waals surface area contributed by atoms with Gasteiger partial charge < -0.3 is 4.90 Å². The highest BCUT2D eigenvalue weighted by molar-refractivity contribution is 7.90. The molecule has 1 N–H and O–H groups in total. The quantitative estimate of drug-likeness (QED) is 0.871. The molecule has 0 amide bonds. The molecule has 0 radical (unpaired) electrons. The van der Waals surface area contributed by atoms with Crippen molar-refractivity contribution in [2.45, 2.75) is 13.8 Å². The van der Waals surface area contributed by atoms with Gasteiger partial charge in [0, 0.05) is 38.1 Å². The Balaban J connectivity index is 1.65. The zero-order valence-corrected chi connectivity index (χ0v) is 15.5. The van der Waals surface area contributed by atoms with E-state index in [0.29, 0.717) is 37.6 Å². The molecule has 136 valence electrons. The molecule has 2 aromatic heterocycles. The van der Waals surface area contributed by atoms with E-state index in [-0.39, 0.29) is 0 Å². The van der Waals surface area contributed by atoms with Gasteiger partial charge in [-0.3, -0.25) is 4.72 Å². The van der Waals surface area contributed by atoms with Crippen molar-refractivity contribution in [1.29, 1.82) is 5.26 Å². The van der Waals surface area contributed by atoms with Crippen LogP contribution in [-0.2, 0) is 10.2 Å². The molecular formula is C17H20N6O2S. The summed E-state index contributed by atoms with van der Waals surface area (Å²) in [4.78, 5) is 10.5. The summed E-state index contributed by atoms with van der Waals surface area (Å²) >= 11 is 0. The molecule has 0 spiro atoms. The third kappa shape index (κ3) is 4.09. The molecular weight excluding hydrogens is 352 g/mol. The normalized spacial score (nSPS) is 15.5. The van der Waals surface area contributed by atoms with Crippen LogP contribution in [0.25, 0.3) is 0 Å². The zero-order valence-electron chi connectivity index (χ0n) is 14.7. The number of hydrogen-bond donors (Lipinski definition) is 1. The molecule has 1 fully saturated rings. The van der Waals surface area contributed by atoms with Crippen molar-refractivity contribution in [1.82, 2.24) is 14.3 Å². The Kier molecular flexibility index (Phi) is 5.06. The van der Waals surface area contributed by atoms with Crippen LogP contribution in [0, 0.1) is 25.2 Å². The van der Waals surface area contributed by atoms with E-state index in [1.807, 2.05) is 30.9 Å². The highest BCUT2D eigenvalue weighted by atomic mass is 32.2. The van der Waals surface area contributed by atoms with Gasteiger partial charge >= 0.3 is 10.2 Å². The molecule has 9 heteroatoms. The van der Waals surface area contributed by atoms with E-state index in [1.165, 1.54) is 10.5 Å². The number of pyridine rings is 2. The maximum atomic E-state index is 12.6. The lowest BCUT2D eigenvalue weighted by molar-refractivity contribution is 0.386. The van der Waals surface area contributed by atoms with Gasteiger partial charge in [-0.25, -0.2) is 9.97 Å². The summed E-state index contributed by atoms with van der Waals surface area (Å²) in [5.74, 6) is 1.07. The first-order valence-corrected chi connectivity index (χ1v) is 9.66. The number of aryl methyl sites for hydroxylation is 2. The van der Waals surface area contributed by atoms with Crippen LogP contribution >= 0.6 is 0 Å². The molecule has 1 saturated heterocycles. The van der Waals surface area contributed by atoms with Gasteiger partial charge in [0.15, 0.2) is 0 Å². The first-order valence-electron chi connectivity index (χ1n) is 8.22. The second-order valence-electron chi connectivity index (χ2n) is 6.18. The van der Waals surface area contributed by atoms with Gasteiger partial charge in [0.1, 0.15) is 17.7 Å². The molecule has 0 aliphatic carbocycles. The third-order valence-corrected chi connectivity index (χ3v) is 5.62. The molecule has 26 heavy (non-hydrogen) atoms. The Morgan fingerprint density at radius 3 is 2.46 bits per heavy atom. The summed E-state index contributed by atoms with van der Waals surface area (Å²) in [6.45, 7) is 5.48. The fourth-order valence-corrected chi connectivity index (χ4v) is 4.03. The molecule has 1 aliphatic heterocycles. The van der Waals surface area contributed by atoms with Crippen LogP contribution < -0.4 is 9.62 Å². The van der Waals surface area contributed by atoms with Gasteiger partial charge in [0.2, 0.25) is 0 Å². The van der Waals surface area contributed by atoms with Crippen LogP contribution in [0.3, 0.4) is 0 Å². The minimum atomic E-state index is -3.66. The van der Waals surface area contributed by atoms with Crippen molar-refractivity contribution in [3.05, 3.63) is 47.3 Å². The van der Waals surface area contributed by atoms with Crippen molar-refractivity contribution in [3.8, 4) is 6.07 Å². The number of aromatic nitrogens is 2. The average Bonchev–Trinajstić information content (AvgIpc) is 2.60. The minimum absolute atomic E-state index is 0.332. The molecule has 3 heterocycles. The number of rotatable bonds is 4. The van der Waals surface area contributed by atoms with E-state index < -0.39 is 10.2 Å². The number of nitrogens with zero attached hydrogens (tertiary/aromatic N) is 5. The van der Waals surface area contributed by atoms with Crippen LogP contribution in [0.2, 0.25) is 0 Å². The van der Waals surface area contributed by atoms with Crippen LogP contribution in [-0.4, -0.2) is 48.9 Å². The molecule has 0 saturated carbocycles. The molecule has 3 rings (SSSR count). The lowest BCUT2D eigenvalue weighted by Crippen LogP contribution is -2.50. The maximum Gasteiger partial charge on any atom is 0.302 e. The Morgan fingerprint density at radius 2 is 1.88 bits per heavy atom. The summed E-state index contributed by atoms with van der Waals surface area (Å²) in [6.07, 6.45) is 1.52. The zero-order chi connectivity index (χ0) is 18.7. The molecule has 1 aliphatic rings. The van der Waals surface area contributed by atoms with Gasteiger partial charge in [0.25, 0.3) is 0 Å². The van der Waals surface area contributed by atoms with Crippen molar-refractivity contribution in [2.24, 2.45) is 0 Å². The summed E-state index contributed by atoms with van der Waals surface area (Å²) in [5, 5.41) is 8.83. The van der Waals surface area contributed by atoms with Crippen molar-refractivity contribution in [3.63, 3.8) is 0 Å². The smallest absolute Gasteiger partial charge is 0.302 e. The number of nitriles is 1. The molecule has 8 nitrogen and oxygen atoms in total. The van der Waals surface area contributed by atoms with Gasteiger partial charge in [-0.1, -0.05) is 0 Å². The fourth-order valence-electron chi connectivity index (χ4n) is 2.89. The summed E-state index contributed by atoms with van der Waals surface area (Å²) < 4.78 is 29.2. The number of piperazine rings is 1. The second-order valence-corrected chi connectivity index (χ2v) is 7.85. The number of anilines is 2. The Bertz CT molecular complexity index is 908. The minimum Gasteiger partial charge on any atom is -0.354 e. The van der Waals surface area contributed by atoms with E-state index in [2.05, 4.69) is 14.7 Å². The first kappa shape index (κ1) is 18.1. The van der Waals surface area contributed by atoms with Crippen LogP contribution in [0.1, 0.15) is 16.8 Å². The first-order chi connectivity index (χ1) is 12.4. The van der Waals surface area contributed by atoms with Crippen LogP contribution in [0.4, 0.5) is 11.6 Å². The van der Waals surface area contributed by atoms with Gasteiger partial charge in [0.05, 0.1) is 5.56 Å². The third-order valence-electron chi connectivity index (χ3n) is 4.11. The predicted molar refractivity (Wildman–Crippen MR) is 99.0 cm³/mol. The van der Waals surface area contributed by atoms with Gasteiger partial charge in [-0.05, 0) is 43.7 Å². The van der Waals surface area contributed by atoms with E-state index in [0.717, 1.165) is 17.1 Å². The van der Waals surface area contributed by atoms with Crippen molar-refractivity contribution < 1.29 is 8.42 Å². The highest BCUT2D eigenvalue weighted by Gasteiger charge is 2.27. The highest BCUT2D eigenvalue weighted by Crippen LogP contribution is 2.17. The number of nitrogens with one attached hydrogen (secondary N) is 1. The molecule has 0 unspecified atom stereocenters. The lowest BCUT2D eigenvalue weighted by atomic mass is 10.2. The van der Waals surface area contributed by atoms with Crippen LogP contribution in [0.15, 0.2) is 30.5 Å². The lowest BCUT2D eigenvalue weighted by Gasteiger charge is -2.34. The summed E-state index contributed by atoms with van der Waals surface area (Å²) in [6, 6.07) is 9.12. The number of hydrogen-bond acceptors (Lipinski definition) is 6. The fraction of sp³-hybridized carbons (Fsp3) is 0.353. The van der Waals surface area contributed by atoms with E-state index >= 15 is 0 Å². The Morgan fingerprint density at radius 1 is 1.15 bits per heavy atom. The molecule has 2 aromatic rings. The Hall–Kier alpha value is -2.70. The van der Waals surface area contributed by atoms with E-state index in [1.54, 1.807) is 18.2 Å². The maximum absolute atomic E-state index is 12.6. The average molecular weight is 372 g/mol. The largest absolute Gasteiger partial charge is 0.354 e. The molecule has 0 atom stereocenters. The van der Waals surface area contributed by atoms with Crippen LogP contribution in [0.5, 0.6) is 0 Å². The SMILES string of the molecule is Cc1cc(C)nc(NS(=O)(=O)N2CCN(c3ccc(C#N)cn3)CC2)c1. The summed E-state index contributed by atoms with van der Waals surface area (Å²) in [5.41, 5.74) is 2.21. The molecule has 0 bridgehead atoms. The van der Waals surface area contributed by atoms with Crippen molar-refractivity contribution >= 4 is 21.8 Å². The van der Waals surface area contributed by atoms with E-state index in [9.17, 15) is 8.42 Å². The van der Waals surface area contributed by atoms with Gasteiger partial charge in [-0.15, -0.1) is 0 Å². The van der Waals surface area contributed by atoms with Crippen molar-refractivity contribution in [2.75, 3.05) is 35.8 Å². The summed E-state index contributed by atoms with van der Waals surface area (Å²) in [7, 11) is -3.66. The topological polar surface area (TPSA) is 102 Å². The second kappa shape index (κ2) is 7.27. The van der Waals surface area contributed by atoms with E-state index in [4.69, 9.17) is 5.26 Å². The Labute approximate surface area is 153 Å². The standard InChI is InChI=1S/C17H20N6O2S/c1-13-9-14(2)20-16(10-13)21-26(24,25)23-7-5-22(6-8-23)17-4-3-15(11-18)12-19-17/h3-4,9-10,12H,5-8H2,1-2H3,(H,20,21).